The fourth-order valence-electron chi connectivity index (χ4n) is 2.47. The Bertz CT molecular complexity index is 569. The first-order valence-electron chi connectivity index (χ1n) is 6.63. The topological polar surface area (TPSA) is 0 Å². The Morgan fingerprint density at radius 1 is 0.450 bits per heavy atom. The normalized spacial score (nSPS) is 12.1. The predicted octanol–water partition coefficient (Wildman–Crippen LogP) is 3.17. The van der Waals surface area contributed by atoms with E-state index < -0.39 is 5.95 Å². The fraction of sp³-hybridized carbons (Fsp3) is 0. The van der Waals surface area contributed by atoms with Gasteiger partial charge in [0.2, 0.25) is 0 Å². The maximum absolute atomic E-state index is 6.43. The van der Waals surface area contributed by atoms with E-state index in [1.54, 1.807) is 0 Å². The van der Waals surface area contributed by atoms with Crippen LogP contribution in [0.1, 0.15) is 0 Å². The van der Waals surface area contributed by atoms with E-state index in [1.165, 1.54) is 15.9 Å². The zero-order valence-corrected chi connectivity index (χ0v) is 12.9. The van der Waals surface area contributed by atoms with Crippen LogP contribution in [0.2, 0.25) is 0 Å². The third kappa shape index (κ3) is 2.45. The molecular weight excluding hydrogens is 311 g/mol. The van der Waals surface area contributed by atoms with Crippen molar-refractivity contribution in [3.63, 3.8) is 0 Å². The van der Waals surface area contributed by atoms with Crippen LogP contribution in [0, 0.1) is 0 Å². The van der Waals surface area contributed by atoms with E-state index in [2.05, 4.69) is 72.8 Å². The van der Waals surface area contributed by atoms with Gasteiger partial charge in [0.25, 0.3) is 0 Å². The third-order valence-corrected chi connectivity index (χ3v) is 9.15. The third-order valence-electron chi connectivity index (χ3n) is 3.45. The molecular formula is C18H16CuP. The van der Waals surface area contributed by atoms with Gasteiger partial charge in [-0.1, -0.05) is 0 Å². The molecule has 104 valence electrons. The Labute approximate surface area is 128 Å². The zero-order valence-electron chi connectivity index (χ0n) is 11.0. The number of hydrogen-bond donors (Lipinski definition) is 0. The summed E-state index contributed by atoms with van der Waals surface area (Å²) in [6, 6.07) is 31.5. The van der Waals surface area contributed by atoms with Crippen molar-refractivity contribution in [2.45, 2.75) is 0 Å². The molecule has 2 heteroatoms. The van der Waals surface area contributed by atoms with Gasteiger partial charge in [-0.3, -0.25) is 0 Å². The van der Waals surface area contributed by atoms with Crippen molar-refractivity contribution in [3.05, 3.63) is 91.0 Å². The minimum absolute atomic E-state index is 1.26. The van der Waals surface area contributed by atoms with E-state index in [-0.39, 0.29) is 0 Å². The Kier molecular flexibility index (Phi) is 4.03. The van der Waals surface area contributed by atoms with Crippen molar-refractivity contribution in [1.29, 1.82) is 0 Å². The molecule has 0 atom stereocenters. The second-order valence-corrected chi connectivity index (χ2v) is 9.75. The molecule has 0 unspecified atom stereocenters. The van der Waals surface area contributed by atoms with Gasteiger partial charge >= 0.3 is 128 Å². The molecule has 0 saturated carbocycles. The van der Waals surface area contributed by atoms with Crippen molar-refractivity contribution in [1.82, 2.24) is 0 Å². The van der Waals surface area contributed by atoms with E-state index in [4.69, 9.17) is 15.6 Å². The van der Waals surface area contributed by atoms with Crippen molar-refractivity contribution >= 4 is 21.9 Å². The summed E-state index contributed by atoms with van der Waals surface area (Å²) in [5.74, 6) is -2.32. The van der Waals surface area contributed by atoms with Gasteiger partial charge in [0.15, 0.2) is 0 Å². The summed E-state index contributed by atoms with van der Waals surface area (Å²) in [7, 11) is 0. The van der Waals surface area contributed by atoms with E-state index in [1.807, 2.05) is 18.2 Å². The summed E-state index contributed by atoms with van der Waals surface area (Å²) in [6.07, 6.45) is 0. The summed E-state index contributed by atoms with van der Waals surface area (Å²) in [5.41, 5.74) is 0. The van der Waals surface area contributed by atoms with Crippen molar-refractivity contribution in [2.24, 2.45) is 0 Å². The predicted molar refractivity (Wildman–Crippen MR) is 86.5 cm³/mol. The SMILES string of the molecule is [Cu][PH](c1ccccc1)(c1ccccc1)c1ccccc1. The second-order valence-electron chi connectivity index (χ2n) is 4.70. The molecule has 0 saturated heterocycles. The van der Waals surface area contributed by atoms with Gasteiger partial charge in [0.05, 0.1) is 0 Å². The summed E-state index contributed by atoms with van der Waals surface area (Å²) >= 11 is 6.43. The Morgan fingerprint density at radius 2 is 0.700 bits per heavy atom. The molecule has 0 heterocycles. The van der Waals surface area contributed by atoms with Crippen LogP contribution in [0.15, 0.2) is 91.0 Å². The maximum atomic E-state index is 6.43. The van der Waals surface area contributed by atoms with E-state index in [9.17, 15) is 0 Å². The van der Waals surface area contributed by atoms with Crippen LogP contribution in [0.25, 0.3) is 0 Å². The molecule has 0 amide bonds. The fourth-order valence-corrected chi connectivity index (χ4v) is 6.76. The quantitative estimate of drug-likeness (QED) is 0.512. The number of benzene rings is 3. The molecule has 0 spiro atoms. The Morgan fingerprint density at radius 3 is 0.950 bits per heavy atom. The molecule has 0 N–H and O–H groups in total. The van der Waals surface area contributed by atoms with Crippen LogP contribution >= 0.6 is 5.95 Å². The summed E-state index contributed by atoms with van der Waals surface area (Å²) < 4.78 is 0. The zero-order chi connectivity index (χ0) is 13.8. The van der Waals surface area contributed by atoms with Gasteiger partial charge in [-0.05, 0) is 0 Å². The molecule has 20 heavy (non-hydrogen) atoms. The summed E-state index contributed by atoms with van der Waals surface area (Å²) in [4.78, 5) is 0. The van der Waals surface area contributed by atoms with Gasteiger partial charge < -0.3 is 0 Å². The molecule has 0 aliphatic rings. The molecule has 0 radical (unpaired) electrons. The van der Waals surface area contributed by atoms with Gasteiger partial charge in [0.1, 0.15) is 0 Å². The average Bonchev–Trinajstić information content (AvgIpc) is 2.56. The molecule has 0 aliphatic heterocycles. The van der Waals surface area contributed by atoms with Gasteiger partial charge in [-0.15, -0.1) is 0 Å². The van der Waals surface area contributed by atoms with Crippen molar-refractivity contribution in [2.75, 3.05) is 0 Å². The molecule has 0 aromatic heterocycles. The summed E-state index contributed by atoms with van der Waals surface area (Å²) in [5, 5.41) is 3.78. The average molecular weight is 327 g/mol. The van der Waals surface area contributed by atoms with Crippen LogP contribution in [0.5, 0.6) is 0 Å². The van der Waals surface area contributed by atoms with Gasteiger partial charge in [-0.25, -0.2) is 0 Å². The monoisotopic (exact) mass is 326 g/mol. The van der Waals surface area contributed by atoms with Crippen LogP contribution in [-0.2, 0) is 15.6 Å². The first-order valence-corrected chi connectivity index (χ1v) is 9.85. The first-order chi connectivity index (χ1) is 9.82. The van der Waals surface area contributed by atoms with Crippen LogP contribution in [-0.4, -0.2) is 0 Å². The van der Waals surface area contributed by atoms with Gasteiger partial charge in [-0.2, -0.15) is 0 Å². The van der Waals surface area contributed by atoms with Crippen molar-refractivity contribution < 1.29 is 15.6 Å². The van der Waals surface area contributed by atoms with Crippen LogP contribution in [0.4, 0.5) is 0 Å². The van der Waals surface area contributed by atoms with E-state index in [0.29, 0.717) is 0 Å². The molecule has 3 aromatic rings. The minimum atomic E-state index is -2.32. The Balaban J connectivity index is 2.24. The van der Waals surface area contributed by atoms with E-state index in [0.717, 1.165) is 0 Å². The molecule has 0 aliphatic carbocycles. The Hall–Kier alpha value is -1.39. The first kappa shape index (κ1) is 13.6. The number of hydrogen-bond acceptors (Lipinski definition) is 0. The van der Waals surface area contributed by atoms with Crippen molar-refractivity contribution in [3.8, 4) is 0 Å². The van der Waals surface area contributed by atoms with Crippen LogP contribution < -0.4 is 15.9 Å². The second kappa shape index (κ2) is 5.94. The molecule has 3 aromatic carbocycles. The summed E-state index contributed by atoms with van der Waals surface area (Å²) in [6.45, 7) is 0. The molecule has 3 rings (SSSR count). The molecule has 0 bridgehead atoms. The molecule has 0 fully saturated rings. The van der Waals surface area contributed by atoms with Crippen LogP contribution in [0.3, 0.4) is 0 Å². The van der Waals surface area contributed by atoms with Gasteiger partial charge in [0, 0.05) is 0 Å². The van der Waals surface area contributed by atoms with E-state index >= 15 is 0 Å². The standard InChI is InChI=1S/C18H15P.Cu/c1-4-10-16(11-5-1)19(17-12-6-2-7-13-17)18-14-8-3-9-15-18;/h1-15H;/q;-1/p+1. The molecule has 0 nitrogen and oxygen atoms in total. The number of rotatable bonds is 3.